The Kier molecular flexibility index (Phi) is 2.26. The third-order valence-corrected chi connectivity index (χ3v) is 2.16. The Morgan fingerprint density at radius 1 is 1.50 bits per heavy atom. The number of nitrogens with zero attached hydrogens (tertiary/aromatic N) is 2. The molecule has 1 unspecified atom stereocenters. The summed E-state index contributed by atoms with van der Waals surface area (Å²) in [6.07, 6.45) is 3.44. The molecule has 0 radical (unpaired) electrons. The maximum atomic E-state index is 5.29. The molecule has 0 aliphatic rings. The third-order valence-electron chi connectivity index (χ3n) is 2.16. The van der Waals surface area contributed by atoms with Crippen LogP contribution in [0.15, 0.2) is 35.1 Å². The topological polar surface area (TPSA) is 43.0 Å². The van der Waals surface area contributed by atoms with Crippen LogP contribution in [0, 0.1) is 0 Å². The normalized spacial score (nSPS) is 12.7. The van der Waals surface area contributed by atoms with Crippen LogP contribution in [-0.4, -0.2) is 9.78 Å². The van der Waals surface area contributed by atoms with Crippen molar-refractivity contribution in [3.8, 4) is 0 Å². The second kappa shape index (κ2) is 3.57. The molecule has 0 spiro atoms. The largest absolute Gasteiger partial charge is 0.467 e. The van der Waals surface area contributed by atoms with Gasteiger partial charge in [-0.2, -0.15) is 5.10 Å². The highest BCUT2D eigenvalue weighted by Crippen LogP contribution is 2.18. The summed E-state index contributed by atoms with van der Waals surface area (Å²) in [7, 11) is 1.90. The predicted octanol–water partition coefficient (Wildman–Crippen LogP) is 2.19. The lowest BCUT2D eigenvalue weighted by atomic mass is 10.2. The van der Waals surface area contributed by atoms with Crippen LogP contribution < -0.4 is 5.32 Å². The number of nitrogens with one attached hydrogen (secondary N) is 1. The van der Waals surface area contributed by atoms with Gasteiger partial charge in [-0.3, -0.25) is 4.68 Å². The van der Waals surface area contributed by atoms with Crippen LogP contribution >= 0.6 is 0 Å². The minimum Gasteiger partial charge on any atom is -0.467 e. The van der Waals surface area contributed by atoms with Gasteiger partial charge in [0.2, 0.25) is 0 Å². The van der Waals surface area contributed by atoms with Gasteiger partial charge < -0.3 is 9.73 Å². The number of furan rings is 1. The summed E-state index contributed by atoms with van der Waals surface area (Å²) in [5, 5.41) is 7.37. The van der Waals surface area contributed by atoms with Crippen LogP contribution in [0.5, 0.6) is 0 Å². The molecule has 4 nitrogen and oxygen atoms in total. The van der Waals surface area contributed by atoms with Crippen molar-refractivity contribution in [2.24, 2.45) is 7.05 Å². The first-order valence-corrected chi connectivity index (χ1v) is 4.55. The van der Waals surface area contributed by atoms with E-state index in [4.69, 9.17) is 4.42 Å². The van der Waals surface area contributed by atoms with Gasteiger partial charge >= 0.3 is 0 Å². The Bertz CT molecular complexity index is 391. The lowest BCUT2D eigenvalue weighted by Gasteiger charge is -2.12. The summed E-state index contributed by atoms with van der Waals surface area (Å²) in [6, 6.07) is 5.92. The van der Waals surface area contributed by atoms with Crippen LogP contribution in [-0.2, 0) is 7.05 Å². The highest BCUT2D eigenvalue weighted by molar-refractivity contribution is 5.35. The van der Waals surface area contributed by atoms with E-state index in [0.29, 0.717) is 0 Å². The molecule has 2 heterocycles. The zero-order valence-corrected chi connectivity index (χ0v) is 8.27. The minimum absolute atomic E-state index is 0.153. The van der Waals surface area contributed by atoms with E-state index in [2.05, 4.69) is 10.4 Å². The molecule has 0 amide bonds. The summed E-state index contributed by atoms with van der Waals surface area (Å²) >= 11 is 0. The molecule has 0 bridgehead atoms. The standard InChI is InChI=1S/C10H13N3O/c1-8(9-4-3-7-14-9)12-10-5-6-11-13(10)2/h3-8,12H,1-2H3. The average Bonchev–Trinajstić information content (AvgIpc) is 2.77. The molecule has 2 aromatic rings. The van der Waals surface area contributed by atoms with Crippen molar-refractivity contribution >= 4 is 5.82 Å². The van der Waals surface area contributed by atoms with Crippen LogP contribution in [0.3, 0.4) is 0 Å². The highest BCUT2D eigenvalue weighted by atomic mass is 16.3. The first-order chi connectivity index (χ1) is 6.77. The molecule has 0 aliphatic heterocycles. The first kappa shape index (κ1) is 8.87. The number of aryl methyl sites for hydroxylation is 1. The number of rotatable bonds is 3. The van der Waals surface area contributed by atoms with E-state index in [0.717, 1.165) is 11.6 Å². The fraction of sp³-hybridized carbons (Fsp3) is 0.300. The lowest BCUT2D eigenvalue weighted by Crippen LogP contribution is -2.09. The minimum atomic E-state index is 0.153. The van der Waals surface area contributed by atoms with Crippen molar-refractivity contribution in [2.45, 2.75) is 13.0 Å². The molecule has 0 aromatic carbocycles. The van der Waals surface area contributed by atoms with Crippen molar-refractivity contribution in [1.82, 2.24) is 9.78 Å². The first-order valence-electron chi connectivity index (χ1n) is 4.55. The summed E-state index contributed by atoms with van der Waals surface area (Å²) < 4.78 is 7.08. The molecule has 4 heteroatoms. The average molecular weight is 191 g/mol. The van der Waals surface area contributed by atoms with Crippen molar-refractivity contribution in [2.75, 3.05) is 5.32 Å². The number of hydrogen-bond donors (Lipinski definition) is 1. The quantitative estimate of drug-likeness (QED) is 0.808. The predicted molar refractivity (Wildman–Crippen MR) is 54.0 cm³/mol. The fourth-order valence-electron chi connectivity index (χ4n) is 1.35. The molecular formula is C10H13N3O. The molecule has 0 aliphatic carbocycles. The number of anilines is 1. The Morgan fingerprint density at radius 2 is 2.36 bits per heavy atom. The lowest BCUT2D eigenvalue weighted by molar-refractivity contribution is 0.489. The monoisotopic (exact) mass is 191 g/mol. The molecule has 2 aromatic heterocycles. The van der Waals surface area contributed by atoms with Crippen molar-refractivity contribution in [1.29, 1.82) is 0 Å². The van der Waals surface area contributed by atoms with E-state index >= 15 is 0 Å². The van der Waals surface area contributed by atoms with Gasteiger partial charge in [-0.1, -0.05) is 0 Å². The highest BCUT2D eigenvalue weighted by Gasteiger charge is 2.08. The molecule has 1 N–H and O–H groups in total. The summed E-state index contributed by atoms with van der Waals surface area (Å²) in [4.78, 5) is 0. The van der Waals surface area contributed by atoms with Crippen molar-refractivity contribution in [3.63, 3.8) is 0 Å². The summed E-state index contributed by atoms with van der Waals surface area (Å²) in [5.74, 6) is 1.90. The second-order valence-electron chi connectivity index (χ2n) is 3.22. The molecule has 0 saturated heterocycles. The zero-order chi connectivity index (χ0) is 9.97. The van der Waals surface area contributed by atoms with Crippen molar-refractivity contribution in [3.05, 3.63) is 36.4 Å². The van der Waals surface area contributed by atoms with Gasteiger partial charge in [0.15, 0.2) is 0 Å². The maximum Gasteiger partial charge on any atom is 0.125 e. The second-order valence-corrected chi connectivity index (χ2v) is 3.22. The van der Waals surface area contributed by atoms with Gasteiger partial charge in [0, 0.05) is 13.1 Å². The molecule has 2 rings (SSSR count). The zero-order valence-electron chi connectivity index (χ0n) is 8.27. The molecule has 0 saturated carbocycles. The summed E-state index contributed by atoms with van der Waals surface area (Å²) in [5.41, 5.74) is 0. The van der Waals surface area contributed by atoms with E-state index in [9.17, 15) is 0 Å². The molecule has 0 fully saturated rings. The van der Waals surface area contributed by atoms with Gasteiger partial charge in [0.1, 0.15) is 11.6 Å². The van der Waals surface area contributed by atoms with Gasteiger partial charge in [0.25, 0.3) is 0 Å². The van der Waals surface area contributed by atoms with Crippen LogP contribution in [0.4, 0.5) is 5.82 Å². The van der Waals surface area contributed by atoms with Gasteiger partial charge in [-0.15, -0.1) is 0 Å². The Labute approximate surface area is 82.5 Å². The molecular weight excluding hydrogens is 178 g/mol. The van der Waals surface area contributed by atoms with E-state index in [1.54, 1.807) is 17.1 Å². The van der Waals surface area contributed by atoms with Crippen LogP contribution in [0.1, 0.15) is 18.7 Å². The number of hydrogen-bond acceptors (Lipinski definition) is 3. The SMILES string of the molecule is CC(Nc1ccnn1C)c1ccco1. The smallest absolute Gasteiger partial charge is 0.125 e. The third kappa shape index (κ3) is 1.64. The van der Waals surface area contributed by atoms with Crippen LogP contribution in [0.25, 0.3) is 0 Å². The van der Waals surface area contributed by atoms with E-state index in [1.807, 2.05) is 32.2 Å². The molecule has 1 atom stereocenters. The molecule has 74 valence electrons. The van der Waals surface area contributed by atoms with Gasteiger partial charge in [-0.25, -0.2) is 0 Å². The number of aromatic nitrogens is 2. The van der Waals surface area contributed by atoms with E-state index < -0.39 is 0 Å². The van der Waals surface area contributed by atoms with Gasteiger partial charge in [0.05, 0.1) is 18.5 Å². The van der Waals surface area contributed by atoms with E-state index in [-0.39, 0.29) is 6.04 Å². The Morgan fingerprint density at radius 3 is 2.93 bits per heavy atom. The Hall–Kier alpha value is -1.71. The maximum absolute atomic E-state index is 5.29. The Balaban J connectivity index is 2.09. The molecule has 14 heavy (non-hydrogen) atoms. The van der Waals surface area contributed by atoms with Crippen molar-refractivity contribution < 1.29 is 4.42 Å². The van der Waals surface area contributed by atoms with Crippen LogP contribution in [0.2, 0.25) is 0 Å². The van der Waals surface area contributed by atoms with E-state index in [1.165, 1.54) is 0 Å². The van der Waals surface area contributed by atoms with Gasteiger partial charge in [-0.05, 0) is 19.1 Å². The fourth-order valence-corrected chi connectivity index (χ4v) is 1.35. The summed E-state index contributed by atoms with van der Waals surface area (Å²) in [6.45, 7) is 2.05.